The van der Waals surface area contributed by atoms with Gasteiger partial charge in [-0.05, 0) is 73.9 Å². The highest BCUT2D eigenvalue weighted by molar-refractivity contribution is 8.08. The van der Waals surface area contributed by atoms with Gasteiger partial charge in [0.25, 0.3) is 0 Å². The Bertz CT molecular complexity index is 907. The van der Waals surface area contributed by atoms with Gasteiger partial charge in [-0.3, -0.25) is 0 Å². The molecular formula is C23H23NOS. The van der Waals surface area contributed by atoms with Gasteiger partial charge in [0.15, 0.2) is 0 Å². The Morgan fingerprint density at radius 3 is 2.88 bits per heavy atom. The van der Waals surface area contributed by atoms with Gasteiger partial charge in [0.2, 0.25) is 0 Å². The molecule has 1 heterocycles. The Morgan fingerprint density at radius 2 is 2.08 bits per heavy atom. The minimum atomic E-state index is 0.0715. The predicted molar refractivity (Wildman–Crippen MR) is 108 cm³/mol. The van der Waals surface area contributed by atoms with Crippen LogP contribution in [0.25, 0.3) is 4.91 Å². The Morgan fingerprint density at radius 1 is 1.19 bits per heavy atom. The molecular weight excluding hydrogens is 338 g/mol. The number of nitrogens with zero attached hydrogens (tertiary/aromatic N) is 1. The van der Waals surface area contributed by atoms with E-state index in [4.69, 9.17) is 4.74 Å². The molecule has 0 radical (unpaired) electrons. The van der Waals surface area contributed by atoms with E-state index in [0.29, 0.717) is 16.6 Å². The molecule has 0 aromatic heterocycles. The molecule has 1 aliphatic heterocycles. The first kappa shape index (κ1) is 17.2. The number of hydrogen-bond acceptors (Lipinski definition) is 3. The summed E-state index contributed by atoms with van der Waals surface area (Å²) in [5, 5.41) is 9.86. The third-order valence-electron chi connectivity index (χ3n) is 5.06. The molecule has 1 unspecified atom stereocenters. The molecule has 2 nitrogen and oxygen atoms in total. The van der Waals surface area contributed by atoms with Crippen LogP contribution in [0.4, 0.5) is 0 Å². The van der Waals surface area contributed by atoms with Crippen LogP contribution in [0, 0.1) is 11.3 Å². The van der Waals surface area contributed by atoms with Crippen LogP contribution in [0.15, 0.2) is 42.5 Å². The summed E-state index contributed by atoms with van der Waals surface area (Å²) in [6.07, 6.45) is 7.15. The summed E-state index contributed by atoms with van der Waals surface area (Å²) in [7, 11) is 0. The maximum absolute atomic E-state index is 9.48. The van der Waals surface area contributed by atoms with E-state index < -0.39 is 0 Å². The van der Waals surface area contributed by atoms with E-state index in [9.17, 15) is 5.26 Å². The highest BCUT2D eigenvalue weighted by Gasteiger charge is 2.25. The van der Waals surface area contributed by atoms with Crippen molar-refractivity contribution in [3.05, 3.63) is 70.3 Å². The van der Waals surface area contributed by atoms with Crippen LogP contribution in [-0.2, 0) is 12.8 Å². The lowest BCUT2D eigenvalue weighted by atomic mass is 10.0. The van der Waals surface area contributed by atoms with Crippen LogP contribution in [0.5, 0.6) is 5.75 Å². The zero-order valence-corrected chi connectivity index (χ0v) is 16.1. The molecule has 3 heteroatoms. The molecule has 0 bridgehead atoms. The molecule has 1 atom stereocenters. The van der Waals surface area contributed by atoms with Gasteiger partial charge in [0.05, 0.1) is 11.7 Å². The molecule has 4 rings (SSSR count). The first-order chi connectivity index (χ1) is 12.7. The fourth-order valence-electron chi connectivity index (χ4n) is 3.88. The second kappa shape index (κ2) is 7.21. The Hall–Kier alpha value is -2.18. The SMILES string of the molecule is CC(C)Oc1ccc(C2CC=C(c3cccc4c3CCC4)S2)cc1C#N. The van der Waals surface area contributed by atoms with Crippen molar-refractivity contribution in [2.45, 2.75) is 50.9 Å². The summed E-state index contributed by atoms with van der Waals surface area (Å²) in [5.74, 6) is 0.684. The minimum Gasteiger partial charge on any atom is -0.490 e. The van der Waals surface area contributed by atoms with E-state index in [1.165, 1.54) is 40.9 Å². The second-order valence-corrected chi connectivity index (χ2v) is 8.49. The molecule has 0 saturated carbocycles. The fraction of sp³-hybridized carbons (Fsp3) is 0.348. The molecule has 2 aromatic carbocycles. The number of ether oxygens (including phenoxy) is 1. The van der Waals surface area contributed by atoms with Gasteiger partial charge in [-0.1, -0.05) is 30.3 Å². The number of thioether (sulfide) groups is 1. The summed E-state index contributed by atoms with van der Waals surface area (Å²) in [5.41, 5.74) is 6.33. The summed E-state index contributed by atoms with van der Waals surface area (Å²) in [6.45, 7) is 3.97. The molecule has 0 fully saturated rings. The van der Waals surface area contributed by atoms with Crippen molar-refractivity contribution in [3.8, 4) is 11.8 Å². The van der Waals surface area contributed by atoms with Gasteiger partial charge in [-0.25, -0.2) is 0 Å². The second-order valence-electron chi connectivity index (χ2n) is 7.24. The molecule has 2 aromatic rings. The van der Waals surface area contributed by atoms with Crippen LogP contribution in [-0.4, -0.2) is 6.10 Å². The smallest absolute Gasteiger partial charge is 0.137 e. The maximum Gasteiger partial charge on any atom is 0.137 e. The van der Waals surface area contributed by atoms with E-state index >= 15 is 0 Å². The van der Waals surface area contributed by atoms with Crippen LogP contribution in [0.3, 0.4) is 0 Å². The molecule has 0 amide bonds. The Labute approximate surface area is 159 Å². The molecule has 0 spiro atoms. The molecule has 1 aliphatic carbocycles. The third-order valence-corrected chi connectivity index (χ3v) is 6.45. The van der Waals surface area contributed by atoms with E-state index in [-0.39, 0.29) is 6.10 Å². The third kappa shape index (κ3) is 3.27. The van der Waals surface area contributed by atoms with E-state index in [1.54, 1.807) is 5.56 Å². The number of allylic oxidation sites excluding steroid dienone is 1. The number of fused-ring (bicyclic) bond motifs is 1. The summed E-state index contributed by atoms with van der Waals surface area (Å²) in [4.78, 5) is 1.40. The van der Waals surface area contributed by atoms with E-state index in [0.717, 1.165) is 6.42 Å². The largest absolute Gasteiger partial charge is 0.490 e. The van der Waals surface area contributed by atoms with E-state index in [1.807, 2.05) is 37.7 Å². The lowest BCUT2D eigenvalue weighted by Crippen LogP contribution is -2.07. The highest BCUT2D eigenvalue weighted by atomic mass is 32.2. The van der Waals surface area contributed by atoms with Crippen molar-refractivity contribution in [3.63, 3.8) is 0 Å². The standard InChI is InChI=1S/C23H23NOS/c1-15(2)25-21-10-9-17(13-18(21)14-24)22-11-12-23(26-22)20-8-4-6-16-5-3-7-19(16)20/h4,6,8-10,12-13,15,22H,3,5,7,11H2,1-2H3. The monoisotopic (exact) mass is 361 g/mol. The van der Waals surface area contributed by atoms with Gasteiger partial charge in [-0.15, -0.1) is 11.8 Å². The number of nitriles is 1. The van der Waals surface area contributed by atoms with Crippen molar-refractivity contribution in [2.75, 3.05) is 0 Å². The summed E-state index contributed by atoms with van der Waals surface area (Å²) in [6, 6.07) is 15.1. The molecule has 0 N–H and O–H groups in total. The van der Waals surface area contributed by atoms with Crippen molar-refractivity contribution in [1.82, 2.24) is 0 Å². The average Bonchev–Trinajstić information content (AvgIpc) is 3.30. The number of benzene rings is 2. The zero-order chi connectivity index (χ0) is 18.1. The van der Waals surface area contributed by atoms with Crippen molar-refractivity contribution >= 4 is 16.7 Å². The fourth-order valence-corrected chi connectivity index (χ4v) is 5.18. The lowest BCUT2D eigenvalue weighted by Gasteiger charge is -2.15. The normalized spacial score (nSPS) is 18.5. The Kier molecular flexibility index (Phi) is 4.78. The van der Waals surface area contributed by atoms with Gasteiger partial charge < -0.3 is 4.74 Å². The molecule has 0 saturated heterocycles. The number of rotatable bonds is 4. The molecule has 2 aliphatic rings. The summed E-state index contributed by atoms with van der Waals surface area (Å²) < 4.78 is 5.75. The molecule has 132 valence electrons. The highest BCUT2D eigenvalue weighted by Crippen LogP contribution is 2.50. The zero-order valence-electron chi connectivity index (χ0n) is 15.3. The van der Waals surface area contributed by atoms with Crippen LogP contribution in [0.1, 0.15) is 59.8 Å². The van der Waals surface area contributed by atoms with Gasteiger partial charge >= 0.3 is 0 Å². The first-order valence-electron chi connectivity index (χ1n) is 9.34. The Balaban J connectivity index is 1.56. The van der Waals surface area contributed by atoms with Crippen LogP contribution < -0.4 is 4.74 Å². The minimum absolute atomic E-state index is 0.0715. The molecule has 26 heavy (non-hydrogen) atoms. The lowest BCUT2D eigenvalue weighted by molar-refractivity contribution is 0.241. The van der Waals surface area contributed by atoms with Crippen LogP contribution >= 0.6 is 11.8 Å². The van der Waals surface area contributed by atoms with Crippen molar-refractivity contribution in [2.24, 2.45) is 0 Å². The predicted octanol–water partition coefficient (Wildman–Crippen LogP) is 6.05. The average molecular weight is 362 g/mol. The number of aryl methyl sites for hydroxylation is 1. The van der Waals surface area contributed by atoms with Crippen LogP contribution in [0.2, 0.25) is 0 Å². The van der Waals surface area contributed by atoms with Gasteiger partial charge in [0, 0.05) is 10.2 Å². The van der Waals surface area contributed by atoms with Gasteiger partial charge in [-0.2, -0.15) is 5.26 Å². The first-order valence-corrected chi connectivity index (χ1v) is 10.2. The van der Waals surface area contributed by atoms with Crippen molar-refractivity contribution in [1.29, 1.82) is 5.26 Å². The topological polar surface area (TPSA) is 33.0 Å². The van der Waals surface area contributed by atoms with Gasteiger partial charge in [0.1, 0.15) is 11.8 Å². The number of hydrogen-bond donors (Lipinski definition) is 0. The quantitative estimate of drug-likeness (QED) is 0.664. The van der Waals surface area contributed by atoms with Crippen molar-refractivity contribution < 1.29 is 4.74 Å². The van der Waals surface area contributed by atoms with E-state index in [2.05, 4.69) is 36.4 Å². The summed E-state index contributed by atoms with van der Waals surface area (Å²) >= 11 is 1.93. The maximum atomic E-state index is 9.48.